The lowest BCUT2D eigenvalue weighted by Crippen LogP contribution is -2.08. The lowest BCUT2D eigenvalue weighted by atomic mass is 10.2. The van der Waals surface area contributed by atoms with Crippen molar-refractivity contribution in [2.75, 3.05) is 0 Å². The highest BCUT2D eigenvalue weighted by atomic mass is 32.2. The summed E-state index contributed by atoms with van der Waals surface area (Å²) in [7, 11) is -4.02. The Bertz CT molecular complexity index is 964. The Morgan fingerprint density at radius 3 is 2.28 bits per heavy atom. The molecule has 0 unspecified atom stereocenters. The van der Waals surface area contributed by atoms with Gasteiger partial charge in [0.05, 0.1) is 21.9 Å². The first kappa shape index (κ1) is 17.2. The van der Waals surface area contributed by atoms with Gasteiger partial charge in [0.1, 0.15) is 0 Å². The molecule has 0 fully saturated rings. The standard InChI is InChI=1S/C17H13F3N2O2S/c18-17(19,20)14-3-1-4-16(11-14)25(23,24)15-7-5-13(6-8-15)12-22-10-2-9-21-22/h1-11H,12H2. The fourth-order valence-electron chi connectivity index (χ4n) is 2.33. The topological polar surface area (TPSA) is 52.0 Å². The fourth-order valence-corrected chi connectivity index (χ4v) is 3.64. The third-order valence-corrected chi connectivity index (χ3v) is 5.38. The van der Waals surface area contributed by atoms with Crippen molar-refractivity contribution in [3.63, 3.8) is 0 Å². The van der Waals surface area contributed by atoms with E-state index in [4.69, 9.17) is 0 Å². The first-order chi connectivity index (χ1) is 11.8. The van der Waals surface area contributed by atoms with Gasteiger partial charge >= 0.3 is 6.18 Å². The average Bonchev–Trinajstić information content (AvgIpc) is 3.08. The summed E-state index contributed by atoms with van der Waals surface area (Å²) in [5.41, 5.74) is -0.171. The van der Waals surface area contributed by atoms with Crippen LogP contribution in [0.2, 0.25) is 0 Å². The first-order valence-corrected chi connectivity index (χ1v) is 8.74. The minimum Gasteiger partial charge on any atom is -0.268 e. The van der Waals surface area contributed by atoms with Crippen LogP contribution in [0.15, 0.2) is 76.8 Å². The second kappa shape index (κ2) is 6.36. The van der Waals surface area contributed by atoms with Crippen molar-refractivity contribution < 1.29 is 21.6 Å². The molecule has 2 aromatic carbocycles. The van der Waals surface area contributed by atoms with Crippen molar-refractivity contribution in [1.82, 2.24) is 9.78 Å². The normalized spacial score (nSPS) is 12.3. The van der Waals surface area contributed by atoms with Gasteiger partial charge in [0, 0.05) is 12.4 Å². The average molecular weight is 366 g/mol. The minimum atomic E-state index is -4.60. The van der Waals surface area contributed by atoms with Crippen molar-refractivity contribution >= 4 is 9.84 Å². The third-order valence-electron chi connectivity index (χ3n) is 3.61. The monoisotopic (exact) mass is 366 g/mol. The van der Waals surface area contributed by atoms with Gasteiger partial charge in [-0.1, -0.05) is 18.2 Å². The Hall–Kier alpha value is -2.61. The molecule has 0 aliphatic heterocycles. The molecule has 0 aliphatic rings. The molecule has 0 saturated heterocycles. The summed E-state index contributed by atoms with van der Waals surface area (Å²) in [6.45, 7) is 0.469. The highest BCUT2D eigenvalue weighted by Crippen LogP contribution is 2.32. The van der Waals surface area contributed by atoms with Gasteiger partial charge in [0.15, 0.2) is 0 Å². The molecule has 3 aromatic rings. The van der Waals surface area contributed by atoms with Crippen LogP contribution in [0, 0.1) is 0 Å². The van der Waals surface area contributed by atoms with E-state index in [1.807, 2.05) is 0 Å². The number of hydrogen-bond acceptors (Lipinski definition) is 3. The number of halogens is 3. The number of sulfone groups is 1. The quantitative estimate of drug-likeness (QED) is 0.706. The Morgan fingerprint density at radius 2 is 1.68 bits per heavy atom. The second-order valence-electron chi connectivity index (χ2n) is 5.38. The number of hydrogen-bond donors (Lipinski definition) is 0. The van der Waals surface area contributed by atoms with E-state index in [1.54, 1.807) is 35.3 Å². The number of alkyl halides is 3. The van der Waals surface area contributed by atoms with E-state index in [1.165, 1.54) is 12.1 Å². The van der Waals surface area contributed by atoms with Gasteiger partial charge in [0.2, 0.25) is 9.84 Å². The minimum absolute atomic E-state index is 0.0592. The van der Waals surface area contributed by atoms with E-state index in [0.29, 0.717) is 12.6 Å². The van der Waals surface area contributed by atoms with Crippen molar-refractivity contribution in [2.24, 2.45) is 0 Å². The summed E-state index contributed by atoms with van der Waals surface area (Å²) in [6.07, 6.45) is -1.20. The molecular weight excluding hydrogens is 353 g/mol. The number of aromatic nitrogens is 2. The van der Waals surface area contributed by atoms with Gasteiger partial charge in [0.25, 0.3) is 0 Å². The molecule has 0 spiro atoms. The smallest absolute Gasteiger partial charge is 0.268 e. The number of benzene rings is 2. The van der Waals surface area contributed by atoms with E-state index in [-0.39, 0.29) is 9.79 Å². The largest absolute Gasteiger partial charge is 0.416 e. The van der Waals surface area contributed by atoms with Gasteiger partial charge in [-0.2, -0.15) is 18.3 Å². The summed E-state index contributed by atoms with van der Waals surface area (Å²) in [4.78, 5) is -0.446. The molecule has 3 rings (SSSR count). The van der Waals surface area contributed by atoms with E-state index < -0.39 is 21.6 Å². The molecular formula is C17H13F3N2O2S. The molecule has 0 amide bonds. The van der Waals surface area contributed by atoms with Crippen molar-refractivity contribution in [3.05, 3.63) is 78.1 Å². The van der Waals surface area contributed by atoms with Crippen molar-refractivity contribution in [1.29, 1.82) is 0 Å². The molecule has 1 heterocycles. The molecule has 0 bridgehead atoms. The van der Waals surface area contributed by atoms with E-state index in [0.717, 1.165) is 23.8 Å². The number of rotatable bonds is 4. The van der Waals surface area contributed by atoms with Gasteiger partial charge in [-0.15, -0.1) is 0 Å². The third kappa shape index (κ3) is 3.74. The fraction of sp³-hybridized carbons (Fsp3) is 0.118. The van der Waals surface area contributed by atoms with Gasteiger partial charge in [-0.3, -0.25) is 4.68 Å². The SMILES string of the molecule is O=S(=O)(c1ccc(Cn2cccn2)cc1)c1cccc(C(F)(F)F)c1. The Labute approximate surface area is 142 Å². The molecule has 0 N–H and O–H groups in total. The zero-order valence-electron chi connectivity index (χ0n) is 12.8. The van der Waals surface area contributed by atoms with E-state index in [9.17, 15) is 21.6 Å². The molecule has 0 saturated carbocycles. The number of nitrogens with zero attached hydrogens (tertiary/aromatic N) is 2. The Morgan fingerprint density at radius 1 is 0.960 bits per heavy atom. The summed E-state index contributed by atoms with van der Waals surface area (Å²) in [6, 6.07) is 11.5. The maximum atomic E-state index is 12.8. The molecule has 25 heavy (non-hydrogen) atoms. The lowest BCUT2D eigenvalue weighted by Gasteiger charge is -2.10. The van der Waals surface area contributed by atoms with Crippen LogP contribution in [0.5, 0.6) is 0 Å². The molecule has 0 radical (unpaired) electrons. The van der Waals surface area contributed by atoms with Gasteiger partial charge in [-0.25, -0.2) is 8.42 Å². The zero-order chi connectivity index (χ0) is 18.1. The highest BCUT2D eigenvalue weighted by Gasteiger charge is 2.31. The second-order valence-corrected chi connectivity index (χ2v) is 7.33. The molecule has 0 aliphatic carbocycles. The summed E-state index contributed by atoms with van der Waals surface area (Å²) in [5, 5.41) is 4.05. The van der Waals surface area contributed by atoms with Crippen LogP contribution in [0.25, 0.3) is 0 Å². The Balaban J connectivity index is 1.90. The van der Waals surface area contributed by atoms with Gasteiger partial charge in [-0.05, 0) is 42.0 Å². The van der Waals surface area contributed by atoms with Crippen LogP contribution in [-0.2, 0) is 22.6 Å². The summed E-state index contributed by atoms with van der Waals surface area (Å²) >= 11 is 0. The van der Waals surface area contributed by atoms with Crippen LogP contribution in [0.4, 0.5) is 13.2 Å². The Kier molecular flexibility index (Phi) is 4.38. The van der Waals surface area contributed by atoms with Crippen molar-refractivity contribution in [2.45, 2.75) is 22.5 Å². The van der Waals surface area contributed by atoms with Crippen molar-refractivity contribution in [3.8, 4) is 0 Å². The first-order valence-electron chi connectivity index (χ1n) is 7.25. The molecule has 8 heteroatoms. The molecule has 0 atom stereocenters. The van der Waals surface area contributed by atoms with Crippen LogP contribution in [0.1, 0.15) is 11.1 Å². The molecule has 130 valence electrons. The summed E-state index contributed by atoms with van der Waals surface area (Å²) < 4.78 is 65.2. The zero-order valence-corrected chi connectivity index (χ0v) is 13.6. The van der Waals surface area contributed by atoms with Gasteiger partial charge < -0.3 is 0 Å². The predicted octanol–water partition coefficient (Wildman–Crippen LogP) is 3.78. The highest BCUT2D eigenvalue weighted by molar-refractivity contribution is 7.91. The lowest BCUT2D eigenvalue weighted by molar-refractivity contribution is -0.137. The maximum absolute atomic E-state index is 12.8. The van der Waals surface area contributed by atoms with Crippen LogP contribution < -0.4 is 0 Å². The van der Waals surface area contributed by atoms with Crippen LogP contribution >= 0.6 is 0 Å². The maximum Gasteiger partial charge on any atom is 0.416 e. The van der Waals surface area contributed by atoms with Crippen LogP contribution in [-0.4, -0.2) is 18.2 Å². The van der Waals surface area contributed by atoms with E-state index in [2.05, 4.69) is 5.10 Å². The van der Waals surface area contributed by atoms with E-state index >= 15 is 0 Å². The predicted molar refractivity (Wildman–Crippen MR) is 84.7 cm³/mol. The summed E-state index contributed by atoms with van der Waals surface area (Å²) in [5.74, 6) is 0. The molecule has 4 nitrogen and oxygen atoms in total. The molecule has 1 aromatic heterocycles. The van der Waals surface area contributed by atoms with Crippen LogP contribution in [0.3, 0.4) is 0 Å².